The SMILES string of the molecule is COc1cc(NC(=O)Cn2c(=O)c(N(C)C)c(N)n(C)c2=O)cc(OC)c1OC. The number of benzene rings is 1. The van der Waals surface area contributed by atoms with Crippen LogP contribution in [0.25, 0.3) is 0 Å². The molecule has 3 N–H and O–H groups in total. The number of nitrogen functional groups attached to an aromatic ring is 1. The summed E-state index contributed by atoms with van der Waals surface area (Å²) in [6.45, 7) is -0.497. The second-order valence-corrected chi connectivity index (χ2v) is 6.32. The molecule has 1 amide bonds. The maximum absolute atomic E-state index is 12.7. The van der Waals surface area contributed by atoms with Gasteiger partial charge in [-0.1, -0.05) is 0 Å². The lowest BCUT2D eigenvalue weighted by molar-refractivity contribution is -0.116. The van der Waals surface area contributed by atoms with Crippen LogP contribution in [-0.2, 0) is 18.4 Å². The average Bonchev–Trinajstić information content (AvgIpc) is 2.68. The molecule has 0 unspecified atom stereocenters. The lowest BCUT2D eigenvalue weighted by Crippen LogP contribution is -2.44. The number of nitrogens with zero attached hydrogens (tertiary/aromatic N) is 3. The summed E-state index contributed by atoms with van der Waals surface area (Å²) in [6.07, 6.45) is 0. The molecule has 0 fully saturated rings. The van der Waals surface area contributed by atoms with Crippen LogP contribution in [0.1, 0.15) is 0 Å². The van der Waals surface area contributed by atoms with Gasteiger partial charge in [0.1, 0.15) is 18.1 Å². The zero-order valence-corrected chi connectivity index (χ0v) is 17.2. The van der Waals surface area contributed by atoms with E-state index in [1.54, 1.807) is 14.1 Å². The number of aromatic nitrogens is 2. The molecule has 0 saturated heterocycles. The summed E-state index contributed by atoms with van der Waals surface area (Å²) in [5.74, 6) is 0.488. The average molecular weight is 407 g/mol. The van der Waals surface area contributed by atoms with Crippen molar-refractivity contribution in [3.05, 3.63) is 33.0 Å². The van der Waals surface area contributed by atoms with Crippen molar-refractivity contribution in [2.45, 2.75) is 6.54 Å². The molecule has 1 aromatic heterocycles. The van der Waals surface area contributed by atoms with Gasteiger partial charge in [-0.25, -0.2) is 9.36 Å². The molecule has 0 spiro atoms. The summed E-state index contributed by atoms with van der Waals surface area (Å²) in [7, 11) is 9.03. The topological polar surface area (TPSA) is 130 Å². The highest BCUT2D eigenvalue weighted by atomic mass is 16.5. The van der Waals surface area contributed by atoms with E-state index in [0.29, 0.717) is 22.9 Å². The fraction of sp³-hybridized carbons (Fsp3) is 0.389. The molecule has 0 aliphatic carbocycles. The third kappa shape index (κ3) is 4.13. The van der Waals surface area contributed by atoms with Crippen LogP contribution < -0.4 is 41.4 Å². The first kappa shape index (κ1) is 21.7. The number of ether oxygens (including phenoxy) is 3. The van der Waals surface area contributed by atoms with Crippen molar-refractivity contribution >= 4 is 23.1 Å². The van der Waals surface area contributed by atoms with E-state index >= 15 is 0 Å². The molecule has 0 aliphatic heterocycles. The highest BCUT2D eigenvalue weighted by Gasteiger charge is 2.19. The maximum Gasteiger partial charge on any atom is 0.332 e. The molecule has 0 atom stereocenters. The molecule has 0 radical (unpaired) electrons. The van der Waals surface area contributed by atoms with Crippen LogP contribution >= 0.6 is 0 Å². The fourth-order valence-electron chi connectivity index (χ4n) is 2.82. The van der Waals surface area contributed by atoms with Crippen LogP contribution in [0.4, 0.5) is 17.2 Å². The van der Waals surface area contributed by atoms with Crippen molar-refractivity contribution in [2.24, 2.45) is 7.05 Å². The fourth-order valence-corrected chi connectivity index (χ4v) is 2.82. The van der Waals surface area contributed by atoms with Crippen LogP contribution in [-0.4, -0.2) is 50.5 Å². The molecule has 11 nitrogen and oxygen atoms in total. The quantitative estimate of drug-likeness (QED) is 0.649. The second-order valence-electron chi connectivity index (χ2n) is 6.32. The molecule has 29 heavy (non-hydrogen) atoms. The molecule has 11 heteroatoms. The Kier molecular flexibility index (Phi) is 6.42. The van der Waals surface area contributed by atoms with E-state index < -0.39 is 23.7 Å². The molecule has 0 aliphatic rings. The molecule has 1 aromatic carbocycles. The van der Waals surface area contributed by atoms with Crippen molar-refractivity contribution in [1.29, 1.82) is 0 Å². The molecule has 0 saturated carbocycles. The molecule has 158 valence electrons. The monoisotopic (exact) mass is 407 g/mol. The van der Waals surface area contributed by atoms with E-state index in [4.69, 9.17) is 19.9 Å². The Balaban J connectivity index is 2.40. The molecule has 2 rings (SSSR count). The number of anilines is 3. The number of carbonyl (C=O) groups is 1. The van der Waals surface area contributed by atoms with E-state index in [0.717, 1.165) is 9.13 Å². The zero-order chi connectivity index (χ0) is 21.9. The summed E-state index contributed by atoms with van der Waals surface area (Å²) < 4.78 is 17.7. The largest absolute Gasteiger partial charge is 0.493 e. The van der Waals surface area contributed by atoms with E-state index in [2.05, 4.69) is 5.32 Å². The van der Waals surface area contributed by atoms with Crippen molar-refractivity contribution in [1.82, 2.24) is 9.13 Å². The minimum Gasteiger partial charge on any atom is -0.493 e. The molecule has 2 aromatic rings. The number of nitrogens with one attached hydrogen (secondary N) is 1. The number of hydrogen-bond donors (Lipinski definition) is 2. The van der Waals surface area contributed by atoms with Crippen LogP contribution in [0.5, 0.6) is 17.2 Å². The van der Waals surface area contributed by atoms with E-state index in [1.807, 2.05) is 0 Å². The first-order valence-corrected chi connectivity index (χ1v) is 8.52. The highest BCUT2D eigenvalue weighted by molar-refractivity contribution is 5.91. The van der Waals surface area contributed by atoms with Crippen molar-refractivity contribution in [2.75, 3.05) is 51.4 Å². The predicted molar refractivity (Wildman–Crippen MR) is 109 cm³/mol. The number of rotatable bonds is 7. The summed E-state index contributed by atoms with van der Waals surface area (Å²) in [5.41, 5.74) is 4.98. The van der Waals surface area contributed by atoms with E-state index in [1.165, 1.54) is 45.4 Å². The van der Waals surface area contributed by atoms with Crippen LogP contribution in [0, 0.1) is 0 Å². The standard InChI is InChI=1S/C18H25N5O6/c1-21(2)14-16(19)22(3)18(26)23(17(14)25)9-13(24)20-10-7-11(27-4)15(29-6)12(8-10)28-5/h7-8H,9,19H2,1-6H3,(H,20,24). The van der Waals surface area contributed by atoms with E-state index in [9.17, 15) is 14.4 Å². The Morgan fingerprint density at radius 2 is 1.66 bits per heavy atom. The van der Waals surface area contributed by atoms with Gasteiger partial charge in [0.2, 0.25) is 11.7 Å². The maximum atomic E-state index is 12.7. The lowest BCUT2D eigenvalue weighted by Gasteiger charge is -2.19. The van der Waals surface area contributed by atoms with Crippen molar-refractivity contribution in [3.8, 4) is 17.2 Å². The number of amides is 1. The Morgan fingerprint density at radius 3 is 2.10 bits per heavy atom. The Morgan fingerprint density at radius 1 is 1.10 bits per heavy atom. The number of methoxy groups -OCH3 is 3. The normalized spacial score (nSPS) is 10.4. The third-order valence-corrected chi connectivity index (χ3v) is 4.27. The predicted octanol–water partition coefficient (Wildman–Crippen LogP) is -0.140. The third-order valence-electron chi connectivity index (χ3n) is 4.27. The Bertz CT molecular complexity index is 1020. The van der Waals surface area contributed by atoms with Gasteiger partial charge in [-0.15, -0.1) is 0 Å². The summed E-state index contributed by atoms with van der Waals surface area (Å²) in [6, 6.07) is 3.07. The first-order valence-electron chi connectivity index (χ1n) is 8.52. The first-order chi connectivity index (χ1) is 13.7. The van der Waals surface area contributed by atoms with Gasteiger partial charge in [0.25, 0.3) is 5.56 Å². The minimum absolute atomic E-state index is 0.0197. The smallest absolute Gasteiger partial charge is 0.332 e. The van der Waals surface area contributed by atoms with Crippen LogP contribution in [0.15, 0.2) is 21.7 Å². The van der Waals surface area contributed by atoms with Gasteiger partial charge in [0.05, 0.1) is 21.3 Å². The van der Waals surface area contributed by atoms with Crippen LogP contribution in [0.2, 0.25) is 0 Å². The summed E-state index contributed by atoms with van der Waals surface area (Å²) in [4.78, 5) is 39.1. The summed E-state index contributed by atoms with van der Waals surface area (Å²) >= 11 is 0. The van der Waals surface area contributed by atoms with Crippen molar-refractivity contribution in [3.63, 3.8) is 0 Å². The number of carbonyl (C=O) groups excluding carboxylic acids is 1. The summed E-state index contributed by atoms with van der Waals surface area (Å²) in [5, 5.41) is 2.62. The highest BCUT2D eigenvalue weighted by Crippen LogP contribution is 2.39. The van der Waals surface area contributed by atoms with Crippen molar-refractivity contribution < 1.29 is 19.0 Å². The Hall–Kier alpha value is -3.63. The minimum atomic E-state index is -0.696. The van der Waals surface area contributed by atoms with Gasteiger partial charge in [0.15, 0.2) is 11.5 Å². The second kappa shape index (κ2) is 8.59. The lowest BCUT2D eigenvalue weighted by atomic mass is 10.2. The Labute approximate surface area is 167 Å². The molecule has 1 heterocycles. The number of hydrogen-bond acceptors (Lipinski definition) is 8. The van der Waals surface area contributed by atoms with Gasteiger partial charge in [-0.3, -0.25) is 14.2 Å². The van der Waals surface area contributed by atoms with Gasteiger partial charge in [-0.05, 0) is 0 Å². The molecular weight excluding hydrogens is 382 g/mol. The molecule has 0 bridgehead atoms. The van der Waals surface area contributed by atoms with E-state index in [-0.39, 0.29) is 11.5 Å². The number of nitrogens with two attached hydrogens (primary N) is 1. The van der Waals surface area contributed by atoms with Gasteiger partial charge >= 0.3 is 5.69 Å². The van der Waals surface area contributed by atoms with Crippen LogP contribution in [0.3, 0.4) is 0 Å². The van der Waals surface area contributed by atoms with Gasteiger partial charge < -0.3 is 30.2 Å². The molecular formula is C18H25N5O6. The zero-order valence-electron chi connectivity index (χ0n) is 17.2. The van der Waals surface area contributed by atoms with Gasteiger partial charge in [0, 0.05) is 39.0 Å². The van der Waals surface area contributed by atoms with Gasteiger partial charge in [-0.2, -0.15) is 0 Å².